The Morgan fingerprint density at radius 2 is 1.88 bits per heavy atom. The molecule has 2 fully saturated rings. The molecule has 8 nitrogen and oxygen atoms in total. The van der Waals surface area contributed by atoms with Gasteiger partial charge >= 0.3 is 6.03 Å². The van der Waals surface area contributed by atoms with Gasteiger partial charge in [0.2, 0.25) is 0 Å². The number of hydrogen-bond donors (Lipinski definition) is 3. The predicted molar refractivity (Wildman–Crippen MR) is 124 cm³/mol. The Kier molecular flexibility index (Phi) is 5.50. The number of para-hydroxylation sites is 1. The highest BCUT2D eigenvalue weighted by atomic mass is 16.5. The Bertz CT molecular complexity index is 1210. The standard InChI is InChI=1S/C25H26N4O4/c1-33-23-8-3-2-7-19(23)24(31)26-17-11-12-18(22(30)13-17)20-14-21(15-5-4-6-15)29(28-20)25(32)27-16-9-10-16/h2-3,7-8,11-16,30H,4-6,9-10H2,1H3,(H,26,31)(H,27,32). The van der Waals surface area contributed by atoms with E-state index in [1.807, 2.05) is 6.07 Å². The summed E-state index contributed by atoms with van der Waals surface area (Å²) in [5.41, 5.74) is 2.75. The minimum atomic E-state index is -0.340. The molecule has 5 rings (SSSR count). The van der Waals surface area contributed by atoms with Gasteiger partial charge in [0.05, 0.1) is 24.1 Å². The van der Waals surface area contributed by atoms with Gasteiger partial charge in [0, 0.05) is 29.3 Å². The molecule has 0 saturated heterocycles. The van der Waals surface area contributed by atoms with Gasteiger partial charge in [-0.3, -0.25) is 4.79 Å². The molecule has 0 spiro atoms. The van der Waals surface area contributed by atoms with E-state index >= 15 is 0 Å². The number of amides is 2. The molecule has 2 aliphatic carbocycles. The van der Waals surface area contributed by atoms with Crippen LogP contribution >= 0.6 is 0 Å². The highest BCUT2D eigenvalue weighted by molar-refractivity contribution is 6.06. The Morgan fingerprint density at radius 1 is 1.09 bits per heavy atom. The average Bonchev–Trinajstić information content (AvgIpc) is 3.49. The maximum absolute atomic E-state index is 12.7. The Labute approximate surface area is 191 Å². The van der Waals surface area contributed by atoms with Crippen LogP contribution in [0.5, 0.6) is 11.5 Å². The first kappa shape index (κ1) is 21.1. The van der Waals surface area contributed by atoms with E-state index < -0.39 is 0 Å². The number of aromatic nitrogens is 2. The van der Waals surface area contributed by atoms with Gasteiger partial charge in [-0.25, -0.2) is 4.79 Å². The quantitative estimate of drug-likeness (QED) is 0.517. The number of carbonyl (C=O) groups excluding carboxylic acids is 2. The lowest BCUT2D eigenvalue weighted by atomic mass is 9.82. The summed E-state index contributed by atoms with van der Waals surface area (Å²) in [7, 11) is 1.51. The number of phenols is 1. The first-order chi connectivity index (χ1) is 16.0. The van der Waals surface area contributed by atoms with E-state index in [-0.39, 0.29) is 23.7 Å². The minimum absolute atomic E-state index is 0.0276. The molecule has 0 bridgehead atoms. The molecule has 1 aromatic heterocycles. The third kappa shape index (κ3) is 4.28. The maximum Gasteiger partial charge on any atom is 0.342 e. The molecule has 8 heteroatoms. The molecule has 3 aromatic rings. The van der Waals surface area contributed by atoms with Gasteiger partial charge in [-0.05, 0) is 56.0 Å². The second-order valence-electron chi connectivity index (χ2n) is 8.60. The highest BCUT2D eigenvalue weighted by Gasteiger charge is 2.30. The third-order valence-electron chi connectivity index (χ3n) is 6.24. The fourth-order valence-electron chi connectivity index (χ4n) is 4.00. The largest absolute Gasteiger partial charge is 0.507 e. The van der Waals surface area contributed by atoms with Crippen molar-refractivity contribution >= 4 is 17.6 Å². The van der Waals surface area contributed by atoms with Crippen molar-refractivity contribution in [3.8, 4) is 22.8 Å². The second-order valence-corrected chi connectivity index (χ2v) is 8.60. The van der Waals surface area contributed by atoms with Crippen molar-refractivity contribution in [3.63, 3.8) is 0 Å². The van der Waals surface area contributed by atoms with E-state index in [1.54, 1.807) is 36.4 Å². The number of methoxy groups -OCH3 is 1. The lowest BCUT2D eigenvalue weighted by Crippen LogP contribution is -2.33. The monoisotopic (exact) mass is 446 g/mol. The Balaban J connectivity index is 1.39. The van der Waals surface area contributed by atoms with Crippen molar-refractivity contribution < 1.29 is 19.4 Å². The van der Waals surface area contributed by atoms with E-state index in [2.05, 4.69) is 15.7 Å². The topological polar surface area (TPSA) is 105 Å². The number of nitrogens with one attached hydrogen (secondary N) is 2. The smallest absolute Gasteiger partial charge is 0.342 e. The second kappa shape index (κ2) is 8.61. The van der Waals surface area contributed by atoms with Crippen LogP contribution in [0.25, 0.3) is 11.3 Å². The van der Waals surface area contributed by atoms with E-state index in [0.717, 1.165) is 37.8 Å². The van der Waals surface area contributed by atoms with Crippen LogP contribution in [0.3, 0.4) is 0 Å². The van der Waals surface area contributed by atoms with E-state index in [9.17, 15) is 14.7 Å². The molecule has 0 atom stereocenters. The third-order valence-corrected chi connectivity index (χ3v) is 6.24. The Morgan fingerprint density at radius 3 is 2.55 bits per heavy atom. The van der Waals surface area contributed by atoms with Crippen LogP contribution in [0.2, 0.25) is 0 Å². The number of benzene rings is 2. The van der Waals surface area contributed by atoms with Crippen molar-refractivity contribution in [2.75, 3.05) is 12.4 Å². The van der Waals surface area contributed by atoms with Gasteiger partial charge in [-0.2, -0.15) is 9.78 Å². The summed E-state index contributed by atoms with van der Waals surface area (Å²) in [6, 6.07) is 13.7. The zero-order valence-corrected chi connectivity index (χ0v) is 18.4. The maximum atomic E-state index is 12.7. The summed E-state index contributed by atoms with van der Waals surface area (Å²) in [5, 5.41) is 21.0. The van der Waals surface area contributed by atoms with Crippen LogP contribution in [0.4, 0.5) is 10.5 Å². The van der Waals surface area contributed by atoms with Crippen LogP contribution in [0.15, 0.2) is 48.5 Å². The molecular formula is C25H26N4O4. The fourth-order valence-corrected chi connectivity index (χ4v) is 4.00. The summed E-state index contributed by atoms with van der Waals surface area (Å²) in [4.78, 5) is 25.4. The fraction of sp³-hybridized carbons (Fsp3) is 0.320. The van der Waals surface area contributed by atoms with Crippen molar-refractivity contribution in [3.05, 3.63) is 59.8 Å². The number of phenolic OH excluding ortho intramolecular Hbond substituents is 1. The lowest BCUT2D eigenvalue weighted by molar-refractivity contribution is 0.102. The number of anilines is 1. The van der Waals surface area contributed by atoms with Gasteiger partial charge in [0.15, 0.2) is 0 Å². The molecule has 1 heterocycles. The normalized spacial score (nSPS) is 15.5. The molecule has 0 unspecified atom stereocenters. The van der Waals surface area contributed by atoms with Crippen molar-refractivity contribution in [1.82, 2.24) is 15.1 Å². The van der Waals surface area contributed by atoms with E-state index in [1.165, 1.54) is 17.9 Å². The number of hydrogen-bond acceptors (Lipinski definition) is 5. The summed E-state index contributed by atoms with van der Waals surface area (Å²) >= 11 is 0. The zero-order valence-electron chi connectivity index (χ0n) is 18.4. The molecule has 0 radical (unpaired) electrons. The molecule has 3 N–H and O–H groups in total. The summed E-state index contributed by atoms with van der Waals surface area (Å²) in [5.74, 6) is 0.403. The van der Waals surface area contributed by atoms with Gasteiger partial charge in [-0.15, -0.1) is 0 Å². The average molecular weight is 447 g/mol. The zero-order chi connectivity index (χ0) is 22.9. The summed E-state index contributed by atoms with van der Waals surface area (Å²) < 4.78 is 6.70. The number of rotatable bonds is 6. The highest BCUT2D eigenvalue weighted by Crippen LogP contribution is 2.39. The van der Waals surface area contributed by atoms with Crippen LogP contribution in [0.1, 0.15) is 54.1 Å². The van der Waals surface area contributed by atoms with E-state index in [4.69, 9.17) is 4.74 Å². The van der Waals surface area contributed by atoms with Crippen LogP contribution in [0, 0.1) is 0 Å². The van der Waals surface area contributed by atoms with Crippen LogP contribution in [-0.4, -0.2) is 40.0 Å². The Hall–Kier alpha value is -3.81. The summed E-state index contributed by atoms with van der Waals surface area (Å²) in [6.45, 7) is 0. The van der Waals surface area contributed by atoms with Gasteiger partial charge in [-0.1, -0.05) is 18.6 Å². The lowest BCUT2D eigenvalue weighted by Gasteiger charge is -2.25. The molecule has 0 aliphatic heterocycles. The van der Waals surface area contributed by atoms with Gasteiger partial charge < -0.3 is 20.5 Å². The van der Waals surface area contributed by atoms with Crippen LogP contribution < -0.4 is 15.4 Å². The molecule has 33 heavy (non-hydrogen) atoms. The molecule has 2 amide bonds. The van der Waals surface area contributed by atoms with E-state index in [0.29, 0.717) is 34.2 Å². The molecule has 2 aliphatic rings. The number of ether oxygens (including phenoxy) is 1. The summed E-state index contributed by atoms with van der Waals surface area (Å²) in [6.07, 6.45) is 5.20. The number of aromatic hydroxyl groups is 1. The van der Waals surface area contributed by atoms with Crippen molar-refractivity contribution in [1.29, 1.82) is 0 Å². The number of nitrogens with zero attached hydrogens (tertiary/aromatic N) is 2. The SMILES string of the molecule is COc1ccccc1C(=O)Nc1ccc(-c2cc(C3CCC3)n(C(=O)NC3CC3)n2)c(O)c1. The van der Waals surface area contributed by atoms with Gasteiger partial charge in [0.25, 0.3) is 5.91 Å². The molecule has 2 aromatic carbocycles. The van der Waals surface area contributed by atoms with Crippen LogP contribution in [-0.2, 0) is 0 Å². The molecule has 2 saturated carbocycles. The van der Waals surface area contributed by atoms with Crippen molar-refractivity contribution in [2.45, 2.75) is 44.1 Å². The van der Waals surface area contributed by atoms with Gasteiger partial charge in [0.1, 0.15) is 11.5 Å². The first-order valence-electron chi connectivity index (χ1n) is 11.2. The first-order valence-corrected chi connectivity index (χ1v) is 11.2. The molecular weight excluding hydrogens is 420 g/mol. The predicted octanol–water partition coefficient (Wildman–Crippen LogP) is 4.50. The molecule has 170 valence electrons. The minimum Gasteiger partial charge on any atom is -0.507 e. The number of carbonyl (C=O) groups is 2. The van der Waals surface area contributed by atoms with Crippen molar-refractivity contribution in [2.24, 2.45) is 0 Å².